The number of nitrogens with one attached hydrogen (secondary N) is 1. The van der Waals surface area contributed by atoms with Crippen LogP contribution in [0.1, 0.15) is 57.2 Å². The maximum Gasteiger partial charge on any atom is 0.223 e. The quantitative estimate of drug-likeness (QED) is 0.859. The minimum Gasteiger partial charge on any atom is -0.349 e. The van der Waals surface area contributed by atoms with Crippen LogP contribution in [-0.4, -0.2) is 16.9 Å². The summed E-state index contributed by atoms with van der Waals surface area (Å²) in [5.74, 6) is 0.216. The Morgan fingerprint density at radius 2 is 2.09 bits per heavy atom. The molecule has 1 aliphatic carbocycles. The number of hydrogen-bond donors (Lipinski definition) is 2. The van der Waals surface area contributed by atoms with E-state index in [2.05, 4.69) is 36.5 Å². The number of nitrogens with zero attached hydrogens (tertiary/aromatic N) is 1. The van der Waals surface area contributed by atoms with Crippen LogP contribution in [0.3, 0.4) is 0 Å². The molecule has 1 aliphatic rings. The fourth-order valence-corrected chi connectivity index (χ4v) is 3.47. The Morgan fingerprint density at radius 3 is 2.64 bits per heavy atom. The van der Waals surface area contributed by atoms with Crippen molar-refractivity contribution in [1.29, 1.82) is 0 Å². The van der Waals surface area contributed by atoms with Gasteiger partial charge in [0.25, 0.3) is 0 Å². The zero-order valence-electron chi connectivity index (χ0n) is 13.4. The van der Waals surface area contributed by atoms with E-state index in [0.717, 1.165) is 36.4 Å². The zero-order chi connectivity index (χ0) is 14.8. The van der Waals surface area contributed by atoms with Crippen molar-refractivity contribution in [3.05, 3.63) is 16.1 Å². The van der Waals surface area contributed by atoms with Crippen LogP contribution in [0.25, 0.3) is 0 Å². The van der Waals surface area contributed by atoms with Crippen LogP contribution in [0.4, 0.5) is 0 Å². The number of nitrogens with two attached hydrogens (primary N) is 1. The van der Waals surface area contributed by atoms with E-state index in [9.17, 15) is 4.79 Å². The Hall–Kier alpha value is -0.360. The molecule has 0 aromatic carbocycles. The molecule has 22 heavy (non-hydrogen) atoms. The number of amides is 1. The van der Waals surface area contributed by atoms with E-state index in [-0.39, 0.29) is 48.1 Å². The Morgan fingerprint density at radius 1 is 1.41 bits per heavy atom. The van der Waals surface area contributed by atoms with E-state index in [1.54, 1.807) is 11.3 Å². The number of carbonyl (C=O) groups excluding carboxylic acids is 1. The molecule has 2 unspecified atom stereocenters. The zero-order valence-corrected chi connectivity index (χ0v) is 15.9. The normalized spacial score (nSPS) is 21.5. The van der Waals surface area contributed by atoms with Gasteiger partial charge in [-0.25, -0.2) is 4.98 Å². The van der Waals surface area contributed by atoms with Crippen LogP contribution in [0.5, 0.6) is 0 Å². The first-order chi connectivity index (χ1) is 9.36. The summed E-state index contributed by atoms with van der Waals surface area (Å²) in [5.41, 5.74) is 7.08. The maximum absolute atomic E-state index is 12.1. The number of aromatic nitrogens is 1. The van der Waals surface area contributed by atoms with Gasteiger partial charge in [-0.15, -0.1) is 36.2 Å². The summed E-state index contributed by atoms with van der Waals surface area (Å²) in [4.78, 5) is 16.7. The van der Waals surface area contributed by atoms with Crippen LogP contribution in [0.2, 0.25) is 0 Å². The highest BCUT2D eigenvalue weighted by atomic mass is 35.5. The maximum atomic E-state index is 12.1. The predicted molar refractivity (Wildman–Crippen MR) is 97.1 cm³/mol. The third kappa shape index (κ3) is 6.03. The van der Waals surface area contributed by atoms with E-state index < -0.39 is 0 Å². The van der Waals surface area contributed by atoms with E-state index in [4.69, 9.17) is 5.73 Å². The van der Waals surface area contributed by atoms with Crippen molar-refractivity contribution in [3.8, 4) is 0 Å². The van der Waals surface area contributed by atoms with E-state index in [1.807, 2.05) is 0 Å². The monoisotopic (exact) mass is 367 g/mol. The second-order valence-corrected chi connectivity index (χ2v) is 7.66. The molecule has 1 fully saturated rings. The largest absolute Gasteiger partial charge is 0.349 e. The average molecular weight is 368 g/mol. The van der Waals surface area contributed by atoms with Crippen molar-refractivity contribution >= 4 is 42.1 Å². The third-order valence-corrected chi connectivity index (χ3v) is 4.67. The van der Waals surface area contributed by atoms with Gasteiger partial charge in [-0.1, -0.05) is 27.2 Å². The third-order valence-electron chi connectivity index (χ3n) is 3.82. The van der Waals surface area contributed by atoms with Crippen molar-refractivity contribution in [2.75, 3.05) is 0 Å². The summed E-state index contributed by atoms with van der Waals surface area (Å²) in [6.07, 6.45) is 3.89. The van der Waals surface area contributed by atoms with Gasteiger partial charge in [-0.2, -0.15) is 0 Å². The van der Waals surface area contributed by atoms with Crippen molar-refractivity contribution < 1.29 is 4.79 Å². The lowest BCUT2D eigenvalue weighted by Crippen LogP contribution is -2.37. The summed E-state index contributed by atoms with van der Waals surface area (Å²) < 4.78 is 0. The lowest BCUT2D eigenvalue weighted by atomic mass is 9.85. The smallest absolute Gasteiger partial charge is 0.223 e. The molecule has 0 radical (unpaired) electrons. The highest BCUT2D eigenvalue weighted by Crippen LogP contribution is 2.25. The molecule has 3 N–H and O–H groups in total. The fraction of sp³-hybridized carbons (Fsp3) is 0.733. The van der Waals surface area contributed by atoms with Gasteiger partial charge in [0.1, 0.15) is 5.01 Å². The average Bonchev–Trinajstić information content (AvgIpc) is 2.84. The topological polar surface area (TPSA) is 68.0 Å². The van der Waals surface area contributed by atoms with Crippen molar-refractivity contribution in [2.45, 2.75) is 64.5 Å². The van der Waals surface area contributed by atoms with Crippen LogP contribution < -0.4 is 11.1 Å². The Labute approximate surface area is 149 Å². The van der Waals surface area contributed by atoms with Crippen molar-refractivity contribution in [2.24, 2.45) is 11.7 Å². The Kier molecular flexibility index (Phi) is 8.91. The minimum atomic E-state index is 0. The molecule has 1 amide bonds. The summed E-state index contributed by atoms with van der Waals surface area (Å²) in [6, 6.07) is 0.187. The van der Waals surface area contributed by atoms with Crippen LogP contribution >= 0.6 is 36.2 Å². The molecule has 1 saturated carbocycles. The van der Waals surface area contributed by atoms with Gasteiger partial charge in [0.05, 0.1) is 12.2 Å². The van der Waals surface area contributed by atoms with Gasteiger partial charge in [-0.05, 0) is 19.3 Å². The van der Waals surface area contributed by atoms with Gasteiger partial charge in [0.2, 0.25) is 5.91 Å². The number of halogens is 2. The molecule has 128 valence electrons. The van der Waals surface area contributed by atoms with Crippen LogP contribution in [0, 0.1) is 5.92 Å². The van der Waals surface area contributed by atoms with E-state index >= 15 is 0 Å². The number of rotatable bonds is 3. The summed E-state index contributed by atoms with van der Waals surface area (Å²) in [6.45, 7) is 6.97. The molecular formula is C15H27Cl2N3OS. The van der Waals surface area contributed by atoms with Gasteiger partial charge >= 0.3 is 0 Å². The lowest BCUT2D eigenvalue weighted by molar-refractivity contribution is -0.126. The predicted octanol–water partition coefficient (Wildman–Crippen LogP) is 3.42. The Balaban J connectivity index is 0.00000220. The van der Waals surface area contributed by atoms with Crippen molar-refractivity contribution in [1.82, 2.24) is 10.3 Å². The van der Waals surface area contributed by atoms with Gasteiger partial charge in [0.15, 0.2) is 0 Å². The molecule has 0 aliphatic heterocycles. The number of carbonyl (C=O) groups is 1. The molecular weight excluding hydrogens is 341 g/mol. The molecule has 1 aromatic rings. The molecule has 1 aromatic heterocycles. The van der Waals surface area contributed by atoms with E-state index in [0.29, 0.717) is 6.54 Å². The summed E-state index contributed by atoms with van der Waals surface area (Å²) in [5, 5.41) is 6.06. The van der Waals surface area contributed by atoms with Gasteiger partial charge in [0, 0.05) is 22.8 Å². The highest BCUT2D eigenvalue weighted by molar-refractivity contribution is 7.09. The first-order valence-electron chi connectivity index (χ1n) is 7.34. The number of hydrogen-bond acceptors (Lipinski definition) is 4. The molecule has 0 bridgehead atoms. The first kappa shape index (κ1) is 21.6. The first-order valence-corrected chi connectivity index (χ1v) is 8.22. The second-order valence-electron chi connectivity index (χ2n) is 6.72. The summed E-state index contributed by atoms with van der Waals surface area (Å²) >= 11 is 1.62. The minimum absolute atomic E-state index is 0. The molecule has 2 rings (SSSR count). The molecule has 0 saturated heterocycles. The standard InChI is InChI=1S/C15H25N3OS.2ClH/c1-15(2,3)12-9-20-13(18-12)8-17-14(19)10-5-4-6-11(16)7-10;;/h9-11H,4-8,16H2,1-3H3,(H,17,19);2*1H. The van der Waals surface area contributed by atoms with Crippen molar-refractivity contribution in [3.63, 3.8) is 0 Å². The molecule has 4 nitrogen and oxygen atoms in total. The van der Waals surface area contributed by atoms with E-state index in [1.165, 1.54) is 0 Å². The van der Waals surface area contributed by atoms with Gasteiger partial charge in [-0.3, -0.25) is 4.79 Å². The molecule has 2 atom stereocenters. The SMILES string of the molecule is CC(C)(C)c1csc(CNC(=O)C2CCCC(N)C2)n1.Cl.Cl. The Bertz CT molecular complexity index is 474. The molecule has 1 heterocycles. The molecule has 0 spiro atoms. The fourth-order valence-electron chi connectivity index (χ4n) is 2.51. The van der Waals surface area contributed by atoms with Crippen LogP contribution in [-0.2, 0) is 16.8 Å². The van der Waals surface area contributed by atoms with Gasteiger partial charge < -0.3 is 11.1 Å². The highest BCUT2D eigenvalue weighted by Gasteiger charge is 2.25. The number of thiazole rings is 1. The second kappa shape index (κ2) is 9.06. The molecule has 7 heteroatoms. The lowest BCUT2D eigenvalue weighted by Gasteiger charge is -2.25. The summed E-state index contributed by atoms with van der Waals surface area (Å²) in [7, 11) is 0. The van der Waals surface area contributed by atoms with Crippen LogP contribution in [0.15, 0.2) is 5.38 Å².